The fourth-order valence-corrected chi connectivity index (χ4v) is 1.41. The Labute approximate surface area is 116 Å². The van der Waals surface area contributed by atoms with Crippen molar-refractivity contribution in [1.29, 1.82) is 0 Å². The molecule has 0 aromatic rings. The van der Waals surface area contributed by atoms with Gasteiger partial charge >= 0.3 is 5.97 Å². The van der Waals surface area contributed by atoms with Crippen molar-refractivity contribution in [3.63, 3.8) is 0 Å². The number of carboxylic acids is 1. The molecule has 102 valence electrons. The highest BCUT2D eigenvalue weighted by Crippen LogP contribution is 2.02. The van der Waals surface area contributed by atoms with Crippen LogP contribution in [-0.2, 0) is 19.0 Å². The second-order valence-corrected chi connectivity index (χ2v) is 4.91. The molecule has 1 N–H and O–H groups in total. The van der Waals surface area contributed by atoms with Crippen LogP contribution in [0.5, 0.6) is 0 Å². The monoisotopic (exact) mass is 360 g/mol. The first-order chi connectivity index (χ1) is 7.97. The van der Waals surface area contributed by atoms with Crippen LogP contribution in [0.25, 0.3) is 0 Å². The third-order valence-corrected chi connectivity index (χ3v) is 2.41. The van der Waals surface area contributed by atoms with Gasteiger partial charge in [0.25, 0.3) is 0 Å². The number of aliphatic carboxylic acids is 1. The van der Waals surface area contributed by atoms with Crippen LogP contribution in [0, 0.1) is 0 Å². The molecule has 5 nitrogen and oxygen atoms in total. The predicted octanol–water partition coefficient (Wildman–Crippen LogP) is 1.72. The van der Waals surface area contributed by atoms with E-state index in [0.717, 1.165) is 11.0 Å². The highest BCUT2D eigenvalue weighted by Gasteiger charge is 2.16. The minimum Gasteiger partial charge on any atom is -0.479 e. The molecule has 0 aromatic heterocycles. The second-order valence-electron chi connectivity index (χ2n) is 3.84. The van der Waals surface area contributed by atoms with E-state index in [1.165, 1.54) is 6.92 Å². The number of hydrogen-bond acceptors (Lipinski definition) is 4. The Bertz CT molecular complexity index is 212. The zero-order valence-corrected chi connectivity index (χ0v) is 12.7. The standard InChI is InChI=1S/C11H21IO5/c1-8(6-15-5-4-12)16-7-9(2)17-10(3)11(13)14/h8-10H,4-7H2,1-3H3,(H,13,14). The molecule has 0 fully saturated rings. The summed E-state index contributed by atoms with van der Waals surface area (Å²) in [6.07, 6.45) is -1.06. The predicted molar refractivity (Wildman–Crippen MR) is 72.8 cm³/mol. The molecule has 17 heavy (non-hydrogen) atoms. The summed E-state index contributed by atoms with van der Waals surface area (Å²) in [6.45, 7) is 6.84. The molecule has 0 radical (unpaired) electrons. The van der Waals surface area contributed by atoms with Gasteiger partial charge in [-0.1, -0.05) is 22.6 Å². The van der Waals surface area contributed by atoms with Crippen molar-refractivity contribution in [2.75, 3.05) is 24.2 Å². The van der Waals surface area contributed by atoms with Gasteiger partial charge < -0.3 is 19.3 Å². The topological polar surface area (TPSA) is 65.0 Å². The van der Waals surface area contributed by atoms with Gasteiger partial charge in [0.05, 0.1) is 32.0 Å². The van der Waals surface area contributed by atoms with Crippen LogP contribution in [-0.4, -0.2) is 53.6 Å². The number of halogens is 1. The molecule has 0 saturated heterocycles. The molecular weight excluding hydrogens is 339 g/mol. The van der Waals surface area contributed by atoms with E-state index >= 15 is 0 Å². The van der Waals surface area contributed by atoms with E-state index in [9.17, 15) is 4.79 Å². The number of carbonyl (C=O) groups is 1. The van der Waals surface area contributed by atoms with Crippen molar-refractivity contribution in [1.82, 2.24) is 0 Å². The van der Waals surface area contributed by atoms with E-state index in [-0.39, 0.29) is 12.2 Å². The number of rotatable bonds is 10. The van der Waals surface area contributed by atoms with E-state index in [2.05, 4.69) is 22.6 Å². The fraction of sp³-hybridized carbons (Fsp3) is 0.909. The van der Waals surface area contributed by atoms with Gasteiger partial charge in [0.1, 0.15) is 0 Å². The van der Waals surface area contributed by atoms with Crippen LogP contribution >= 0.6 is 22.6 Å². The van der Waals surface area contributed by atoms with Crippen molar-refractivity contribution < 1.29 is 24.1 Å². The Morgan fingerprint density at radius 1 is 1.24 bits per heavy atom. The summed E-state index contributed by atoms with van der Waals surface area (Å²) in [6, 6.07) is 0. The first-order valence-electron chi connectivity index (χ1n) is 5.61. The lowest BCUT2D eigenvalue weighted by atomic mass is 10.3. The molecule has 3 unspecified atom stereocenters. The molecule has 0 spiro atoms. The normalized spacial score (nSPS) is 16.5. The van der Waals surface area contributed by atoms with Crippen LogP contribution in [0.4, 0.5) is 0 Å². The van der Waals surface area contributed by atoms with Crippen molar-refractivity contribution in [2.24, 2.45) is 0 Å². The van der Waals surface area contributed by atoms with Crippen molar-refractivity contribution in [3.05, 3.63) is 0 Å². The molecule has 0 rings (SSSR count). The molecular formula is C11H21IO5. The molecule has 0 bridgehead atoms. The van der Waals surface area contributed by atoms with Gasteiger partial charge in [0.15, 0.2) is 6.10 Å². The zero-order valence-electron chi connectivity index (χ0n) is 10.5. The Morgan fingerprint density at radius 2 is 1.88 bits per heavy atom. The van der Waals surface area contributed by atoms with Gasteiger partial charge in [-0.05, 0) is 20.8 Å². The van der Waals surface area contributed by atoms with Crippen LogP contribution in [0.2, 0.25) is 0 Å². The Kier molecular flexibility index (Phi) is 10.1. The molecule has 3 atom stereocenters. The molecule has 0 saturated carbocycles. The van der Waals surface area contributed by atoms with Gasteiger partial charge in [0.2, 0.25) is 0 Å². The lowest BCUT2D eigenvalue weighted by Gasteiger charge is -2.19. The van der Waals surface area contributed by atoms with Crippen molar-refractivity contribution >= 4 is 28.6 Å². The van der Waals surface area contributed by atoms with Crippen LogP contribution in [0.1, 0.15) is 20.8 Å². The average molecular weight is 360 g/mol. The maximum Gasteiger partial charge on any atom is 0.332 e. The molecule has 0 amide bonds. The first kappa shape index (κ1) is 17.1. The summed E-state index contributed by atoms with van der Waals surface area (Å²) in [5.41, 5.74) is 0. The molecule has 0 aliphatic heterocycles. The third-order valence-electron chi connectivity index (χ3n) is 1.97. The van der Waals surface area contributed by atoms with Crippen LogP contribution in [0.15, 0.2) is 0 Å². The van der Waals surface area contributed by atoms with Crippen LogP contribution < -0.4 is 0 Å². The smallest absolute Gasteiger partial charge is 0.332 e. The first-order valence-corrected chi connectivity index (χ1v) is 7.13. The minimum absolute atomic E-state index is 0.0101. The summed E-state index contributed by atoms with van der Waals surface area (Å²) in [4.78, 5) is 10.6. The maximum absolute atomic E-state index is 10.6. The largest absolute Gasteiger partial charge is 0.479 e. The summed E-state index contributed by atoms with van der Waals surface area (Å²) >= 11 is 2.24. The van der Waals surface area contributed by atoms with Gasteiger partial charge in [-0.15, -0.1) is 0 Å². The summed E-state index contributed by atoms with van der Waals surface area (Å²) < 4.78 is 17.0. The van der Waals surface area contributed by atoms with E-state index < -0.39 is 12.1 Å². The number of alkyl halides is 1. The lowest BCUT2D eigenvalue weighted by Crippen LogP contribution is -2.29. The van der Waals surface area contributed by atoms with E-state index in [1.54, 1.807) is 6.92 Å². The Hall–Kier alpha value is 0.0800. The van der Waals surface area contributed by atoms with Crippen molar-refractivity contribution in [2.45, 2.75) is 39.1 Å². The SMILES string of the molecule is CC(COCCI)OCC(C)OC(C)C(=O)O. The van der Waals surface area contributed by atoms with Crippen LogP contribution in [0.3, 0.4) is 0 Å². The quantitative estimate of drug-likeness (QED) is 0.365. The van der Waals surface area contributed by atoms with E-state index in [4.69, 9.17) is 19.3 Å². The van der Waals surface area contributed by atoms with Gasteiger partial charge in [0, 0.05) is 4.43 Å². The van der Waals surface area contributed by atoms with E-state index in [0.29, 0.717) is 13.2 Å². The lowest BCUT2D eigenvalue weighted by molar-refractivity contribution is -0.155. The van der Waals surface area contributed by atoms with E-state index in [1.807, 2.05) is 6.92 Å². The summed E-state index contributed by atoms with van der Waals surface area (Å²) in [5.74, 6) is -0.963. The zero-order chi connectivity index (χ0) is 13.3. The Morgan fingerprint density at radius 3 is 2.41 bits per heavy atom. The molecule has 0 aromatic carbocycles. The summed E-state index contributed by atoms with van der Waals surface area (Å²) in [7, 11) is 0. The average Bonchev–Trinajstić information content (AvgIpc) is 2.26. The highest BCUT2D eigenvalue weighted by atomic mass is 127. The second kappa shape index (κ2) is 10.0. The number of carboxylic acid groups (broad SMARTS) is 1. The third kappa shape index (κ3) is 9.75. The summed E-state index contributed by atoms with van der Waals surface area (Å²) in [5, 5.41) is 8.67. The van der Waals surface area contributed by atoms with Gasteiger partial charge in [-0.3, -0.25) is 0 Å². The number of hydrogen-bond donors (Lipinski definition) is 1. The molecule has 0 aliphatic carbocycles. The minimum atomic E-state index is -0.963. The van der Waals surface area contributed by atoms with Gasteiger partial charge in [-0.2, -0.15) is 0 Å². The molecule has 6 heteroatoms. The fourth-order valence-electron chi connectivity index (χ4n) is 1.10. The highest BCUT2D eigenvalue weighted by molar-refractivity contribution is 14.1. The Balaban J connectivity index is 3.61. The van der Waals surface area contributed by atoms with Gasteiger partial charge in [-0.25, -0.2) is 4.79 Å². The maximum atomic E-state index is 10.6. The molecule has 0 heterocycles. The number of ether oxygens (including phenoxy) is 3. The molecule has 0 aliphatic rings. The van der Waals surface area contributed by atoms with Crippen molar-refractivity contribution in [3.8, 4) is 0 Å².